The number of rotatable bonds is 5. The van der Waals surface area contributed by atoms with Crippen LogP contribution in [0, 0.1) is 13.8 Å². The van der Waals surface area contributed by atoms with E-state index in [1.807, 2.05) is 13.8 Å². The molecule has 10 heteroatoms. The van der Waals surface area contributed by atoms with Crippen molar-refractivity contribution < 1.29 is 0 Å². The van der Waals surface area contributed by atoms with Crippen molar-refractivity contribution in [1.29, 1.82) is 0 Å². The summed E-state index contributed by atoms with van der Waals surface area (Å²) in [4.78, 5) is 0. The van der Waals surface area contributed by atoms with Gasteiger partial charge in [0.05, 0.1) is 0 Å². The lowest BCUT2D eigenvalue weighted by atomic mass is 10.7. The number of nitrogens with two attached hydrogens (primary N) is 2. The molecule has 18 heavy (non-hydrogen) atoms. The van der Waals surface area contributed by atoms with Crippen LogP contribution >= 0.6 is 23.5 Å². The maximum Gasteiger partial charge on any atom is 0.209 e. The number of nitrogens with zero attached hydrogens (tertiary/aromatic N) is 6. The molecule has 0 radical (unpaired) electrons. The minimum absolute atomic E-state index is 0.697. The van der Waals surface area contributed by atoms with Crippen LogP contribution in [0.15, 0.2) is 10.3 Å². The third kappa shape index (κ3) is 2.70. The Labute approximate surface area is 112 Å². The van der Waals surface area contributed by atoms with Crippen LogP contribution in [-0.4, -0.2) is 41.3 Å². The van der Waals surface area contributed by atoms with E-state index in [1.165, 1.54) is 9.35 Å². The van der Waals surface area contributed by atoms with E-state index in [0.717, 1.165) is 11.5 Å². The summed E-state index contributed by atoms with van der Waals surface area (Å²) in [5.41, 5.74) is 0. The zero-order valence-corrected chi connectivity index (χ0v) is 11.7. The molecule has 0 aliphatic carbocycles. The molecule has 0 aliphatic heterocycles. The minimum atomic E-state index is 0.697. The first-order valence-electron chi connectivity index (χ1n) is 5.19. The smallest absolute Gasteiger partial charge is 0.209 e. The summed E-state index contributed by atoms with van der Waals surface area (Å²) in [7, 11) is 0. The van der Waals surface area contributed by atoms with Crippen molar-refractivity contribution in [2.24, 2.45) is 0 Å². The van der Waals surface area contributed by atoms with Gasteiger partial charge in [0.1, 0.15) is 11.6 Å². The Bertz CT molecular complexity index is 485. The number of aryl methyl sites for hydroxylation is 2. The van der Waals surface area contributed by atoms with Gasteiger partial charge in [0.2, 0.25) is 10.3 Å². The fourth-order valence-electron chi connectivity index (χ4n) is 1.16. The summed E-state index contributed by atoms with van der Waals surface area (Å²) in [6.45, 7) is 3.62. The lowest BCUT2D eigenvalue weighted by Gasteiger charge is -2.02. The van der Waals surface area contributed by atoms with E-state index in [1.54, 1.807) is 23.5 Å². The van der Waals surface area contributed by atoms with Gasteiger partial charge in [-0.25, -0.2) is 9.35 Å². The highest BCUT2D eigenvalue weighted by Crippen LogP contribution is 2.19. The molecular formula is C8H14N8S2. The van der Waals surface area contributed by atoms with Gasteiger partial charge in [-0.2, -0.15) is 0 Å². The molecule has 0 aliphatic rings. The van der Waals surface area contributed by atoms with E-state index in [9.17, 15) is 0 Å². The molecule has 4 N–H and O–H groups in total. The van der Waals surface area contributed by atoms with E-state index in [-0.39, 0.29) is 0 Å². The Morgan fingerprint density at radius 1 is 0.833 bits per heavy atom. The monoisotopic (exact) mass is 286 g/mol. The van der Waals surface area contributed by atoms with Crippen molar-refractivity contribution in [2.45, 2.75) is 24.2 Å². The standard InChI is InChI=1S/C8H14N8S2/c1-5-11-13-7(15(5)9)17-3-4-18-8-14-12-6(2)16(8)10/h3-4,9-10H2,1-2H3. The van der Waals surface area contributed by atoms with Gasteiger partial charge in [-0.3, -0.25) is 0 Å². The summed E-state index contributed by atoms with van der Waals surface area (Å²) < 4.78 is 2.95. The summed E-state index contributed by atoms with van der Waals surface area (Å²) in [5, 5.41) is 17.1. The first kappa shape index (κ1) is 13.0. The maximum absolute atomic E-state index is 5.74. The lowest BCUT2D eigenvalue weighted by molar-refractivity contribution is 0.823. The summed E-state index contributed by atoms with van der Waals surface area (Å²) in [5.74, 6) is 14.6. The quantitative estimate of drug-likeness (QED) is 0.441. The van der Waals surface area contributed by atoms with E-state index in [4.69, 9.17) is 11.7 Å². The molecule has 2 aromatic heterocycles. The Balaban J connectivity index is 1.80. The summed E-state index contributed by atoms with van der Waals surface area (Å²) in [6, 6.07) is 0. The second-order valence-electron chi connectivity index (χ2n) is 3.50. The topological polar surface area (TPSA) is 113 Å². The van der Waals surface area contributed by atoms with Gasteiger partial charge in [-0.1, -0.05) is 23.5 Å². The predicted octanol–water partition coefficient (Wildman–Crippen LogP) is -0.202. The molecule has 0 unspecified atom stereocenters. The SMILES string of the molecule is Cc1nnc(SCCSc2nnc(C)n2N)n1N. The zero-order valence-electron chi connectivity index (χ0n) is 10.1. The van der Waals surface area contributed by atoms with Crippen LogP contribution in [0.2, 0.25) is 0 Å². The highest BCUT2D eigenvalue weighted by atomic mass is 32.2. The Morgan fingerprint density at radius 3 is 1.50 bits per heavy atom. The number of thioether (sulfide) groups is 2. The van der Waals surface area contributed by atoms with E-state index < -0.39 is 0 Å². The molecule has 0 fully saturated rings. The van der Waals surface area contributed by atoms with Crippen molar-refractivity contribution in [2.75, 3.05) is 23.2 Å². The fraction of sp³-hybridized carbons (Fsp3) is 0.500. The second-order valence-corrected chi connectivity index (χ2v) is 5.62. The van der Waals surface area contributed by atoms with E-state index in [0.29, 0.717) is 22.0 Å². The highest BCUT2D eigenvalue weighted by molar-refractivity contribution is 8.02. The Kier molecular flexibility index (Phi) is 3.97. The second kappa shape index (κ2) is 5.48. The largest absolute Gasteiger partial charge is 0.336 e. The average molecular weight is 286 g/mol. The molecule has 0 bridgehead atoms. The molecule has 0 saturated heterocycles. The molecule has 2 heterocycles. The number of hydrogen-bond acceptors (Lipinski definition) is 8. The van der Waals surface area contributed by atoms with Gasteiger partial charge in [0, 0.05) is 11.5 Å². The van der Waals surface area contributed by atoms with E-state index >= 15 is 0 Å². The lowest BCUT2D eigenvalue weighted by Crippen LogP contribution is -2.12. The van der Waals surface area contributed by atoms with Crippen LogP contribution in [0.1, 0.15) is 11.6 Å². The van der Waals surface area contributed by atoms with Crippen LogP contribution < -0.4 is 11.7 Å². The normalized spacial score (nSPS) is 11.0. The highest BCUT2D eigenvalue weighted by Gasteiger charge is 2.08. The average Bonchev–Trinajstić information content (AvgIpc) is 2.83. The van der Waals surface area contributed by atoms with Crippen LogP contribution in [0.5, 0.6) is 0 Å². The predicted molar refractivity (Wildman–Crippen MR) is 71.3 cm³/mol. The summed E-state index contributed by atoms with van der Waals surface area (Å²) in [6.07, 6.45) is 0. The molecule has 2 aromatic rings. The first-order valence-corrected chi connectivity index (χ1v) is 7.16. The van der Waals surface area contributed by atoms with Crippen LogP contribution in [0.3, 0.4) is 0 Å². The van der Waals surface area contributed by atoms with E-state index in [2.05, 4.69) is 20.4 Å². The molecule has 8 nitrogen and oxygen atoms in total. The summed E-state index contributed by atoms with van der Waals surface area (Å²) >= 11 is 3.09. The number of hydrogen-bond donors (Lipinski definition) is 2. The van der Waals surface area contributed by atoms with Gasteiger partial charge >= 0.3 is 0 Å². The van der Waals surface area contributed by atoms with Gasteiger partial charge < -0.3 is 11.7 Å². The minimum Gasteiger partial charge on any atom is -0.336 e. The van der Waals surface area contributed by atoms with Crippen molar-refractivity contribution >= 4 is 23.5 Å². The molecule has 0 saturated carbocycles. The van der Waals surface area contributed by atoms with Crippen LogP contribution in [0.25, 0.3) is 0 Å². The molecule has 0 amide bonds. The van der Waals surface area contributed by atoms with Gasteiger partial charge in [0.25, 0.3) is 0 Å². The van der Waals surface area contributed by atoms with Crippen LogP contribution in [0.4, 0.5) is 0 Å². The fourth-order valence-corrected chi connectivity index (χ4v) is 2.93. The molecule has 0 aromatic carbocycles. The molecule has 2 rings (SSSR count). The van der Waals surface area contributed by atoms with Gasteiger partial charge in [-0.05, 0) is 13.8 Å². The Morgan fingerprint density at radius 2 is 1.22 bits per heavy atom. The van der Waals surface area contributed by atoms with Crippen molar-refractivity contribution in [1.82, 2.24) is 29.7 Å². The van der Waals surface area contributed by atoms with Crippen molar-refractivity contribution in [3.63, 3.8) is 0 Å². The van der Waals surface area contributed by atoms with Gasteiger partial charge in [0.15, 0.2) is 0 Å². The maximum atomic E-state index is 5.74. The molecule has 98 valence electrons. The van der Waals surface area contributed by atoms with Crippen molar-refractivity contribution in [3.8, 4) is 0 Å². The first-order chi connectivity index (χ1) is 8.59. The Hall–Kier alpha value is -1.42. The number of nitrogen functional groups attached to an aromatic ring is 2. The zero-order chi connectivity index (χ0) is 13.1. The molecule has 0 atom stereocenters. The molecular weight excluding hydrogens is 272 g/mol. The van der Waals surface area contributed by atoms with Crippen molar-refractivity contribution in [3.05, 3.63) is 11.6 Å². The third-order valence-corrected chi connectivity index (χ3v) is 4.36. The number of aromatic nitrogens is 6. The van der Waals surface area contributed by atoms with Gasteiger partial charge in [-0.15, -0.1) is 20.4 Å². The van der Waals surface area contributed by atoms with Crippen LogP contribution in [-0.2, 0) is 0 Å². The third-order valence-electron chi connectivity index (χ3n) is 2.22. The molecule has 0 spiro atoms.